The molecule has 30 heavy (non-hydrogen) atoms. The summed E-state index contributed by atoms with van der Waals surface area (Å²) in [5.41, 5.74) is 4.44. The van der Waals surface area contributed by atoms with Crippen molar-refractivity contribution in [3.05, 3.63) is 71.3 Å². The monoisotopic (exact) mass is 425 g/mol. The van der Waals surface area contributed by atoms with Crippen LogP contribution in [0, 0.1) is 0 Å². The Morgan fingerprint density at radius 3 is 2.10 bits per heavy atom. The van der Waals surface area contributed by atoms with Crippen LogP contribution in [0.15, 0.2) is 54.6 Å². The van der Waals surface area contributed by atoms with Gasteiger partial charge in [0, 0.05) is 24.0 Å². The lowest BCUT2D eigenvalue weighted by Gasteiger charge is -2.35. The van der Waals surface area contributed by atoms with Crippen LogP contribution < -0.4 is 0 Å². The Morgan fingerprint density at radius 1 is 0.867 bits per heavy atom. The SMILES string of the molecule is CCC(CCc1ccc(C2CCC(Cl)CC2)cc1)N(CCc1ccccc1)C(C)C. The van der Waals surface area contributed by atoms with Gasteiger partial charge in [-0.25, -0.2) is 0 Å². The fourth-order valence-corrected chi connectivity index (χ4v) is 5.30. The quantitative estimate of drug-likeness (QED) is 0.354. The molecule has 0 N–H and O–H groups in total. The normalized spacial score (nSPS) is 20.6. The topological polar surface area (TPSA) is 3.24 Å². The molecule has 0 radical (unpaired) electrons. The molecule has 0 heterocycles. The number of halogens is 1. The van der Waals surface area contributed by atoms with Crippen molar-refractivity contribution >= 4 is 11.6 Å². The molecule has 3 rings (SSSR count). The summed E-state index contributed by atoms with van der Waals surface area (Å²) in [4.78, 5) is 2.71. The summed E-state index contributed by atoms with van der Waals surface area (Å²) >= 11 is 6.28. The van der Waals surface area contributed by atoms with Crippen LogP contribution in [0.2, 0.25) is 0 Å². The first-order chi connectivity index (χ1) is 14.6. The Hall–Kier alpha value is -1.31. The predicted molar refractivity (Wildman–Crippen MR) is 132 cm³/mol. The summed E-state index contributed by atoms with van der Waals surface area (Å²) in [5.74, 6) is 0.715. The van der Waals surface area contributed by atoms with Gasteiger partial charge in [0.15, 0.2) is 0 Å². The molecular formula is C28H40ClN. The molecule has 0 saturated heterocycles. The minimum Gasteiger partial charge on any atom is -0.298 e. The Bertz CT molecular complexity index is 716. The molecule has 1 atom stereocenters. The molecule has 2 aromatic rings. The van der Waals surface area contributed by atoms with Gasteiger partial charge < -0.3 is 0 Å². The number of nitrogens with zero attached hydrogens (tertiary/aromatic N) is 1. The summed E-state index contributed by atoms with van der Waals surface area (Å²) in [6.07, 6.45) is 9.58. The van der Waals surface area contributed by atoms with Gasteiger partial charge in [0.1, 0.15) is 0 Å². The number of aryl methyl sites for hydroxylation is 1. The van der Waals surface area contributed by atoms with Gasteiger partial charge in [-0.05, 0) is 87.8 Å². The Balaban J connectivity index is 1.53. The molecule has 0 aliphatic heterocycles. The van der Waals surface area contributed by atoms with Crippen molar-refractivity contribution in [3.8, 4) is 0 Å². The van der Waals surface area contributed by atoms with Crippen LogP contribution in [-0.2, 0) is 12.8 Å². The Labute approximate surface area is 189 Å². The van der Waals surface area contributed by atoms with E-state index < -0.39 is 0 Å². The zero-order valence-electron chi connectivity index (χ0n) is 19.2. The second-order valence-electron chi connectivity index (χ2n) is 9.36. The highest BCUT2D eigenvalue weighted by Gasteiger charge is 2.21. The number of hydrogen-bond donors (Lipinski definition) is 0. The summed E-state index contributed by atoms with van der Waals surface area (Å²) in [6.45, 7) is 8.18. The molecule has 1 unspecified atom stereocenters. The minimum absolute atomic E-state index is 0.400. The number of rotatable bonds is 10. The summed E-state index contributed by atoms with van der Waals surface area (Å²) in [5, 5.41) is 0.400. The van der Waals surface area contributed by atoms with Crippen LogP contribution >= 0.6 is 11.6 Å². The largest absolute Gasteiger partial charge is 0.298 e. The first-order valence-electron chi connectivity index (χ1n) is 12.1. The van der Waals surface area contributed by atoms with Crippen LogP contribution in [0.5, 0.6) is 0 Å². The van der Waals surface area contributed by atoms with Crippen LogP contribution in [0.1, 0.15) is 81.9 Å². The Kier molecular flexibility index (Phi) is 9.27. The third-order valence-electron chi connectivity index (χ3n) is 6.98. The van der Waals surface area contributed by atoms with Crippen molar-refractivity contribution in [2.24, 2.45) is 0 Å². The van der Waals surface area contributed by atoms with Gasteiger partial charge in [-0.2, -0.15) is 0 Å². The Morgan fingerprint density at radius 2 is 1.50 bits per heavy atom. The van der Waals surface area contributed by atoms with E-state index in [4.69, 9.17) is 11.6 Å². The third kappa shape index (κ3) is 6.86. The van der Waals surface area contributed by atoms with E-state index in [1.165, 1.54) is 61.6 Å². The maximum absolute atomic E-state index is 6.28. The van der Waals surface area contributed by atoms with Crippen molar-refractivity contribution in [2.45, 2.75) is 95.5 Å². The molecule has 1 saturated carbocycles. The highest BCUT2D eigenvalue weighted by Crippen LogP contribution is 2.35. The van der Waals surface area contributed by atoms with Gasteiger partial charge in [-0.15, -0.1) is 11.6 Å². The zero-order chi connectivity index (χ0) is 21.3. The van der Waals surface area contributed by atoms with E-state index in [0.29, 0.717) is 23.4 Å². The van der Waals surface area contributed by atoms with Gasteiger partial charge in [0.05, 0.1) is 0 Å². The van der Waals surface area contributed by atoms with E-state index in [2.05, 4.69) is 80.3 Å². The molecule has 1 nitrogen and oxygen atoms in total. The van der Waals surface area contributed by atoms with Crippen LogP contribution in [-0.4, -0.2) is 28.9 Å². The van der Waals surface area contributed by atoms with Crippen LogP contribution in [0.4, 0.5) is 0 Å². The lowest BCUT2D eigenvalue weighted by molar-refractivity contribution is 0.143. The highest BCUT2D eigenvalue weighted by molar-refractivity contribution is 6.20. The molecular weight excluding hydrogens is 386 g/mol. The van der Waals surface area contributed by atoms with E-state index >= 15 is 0 Å². The van der Waals surface area contributed by atoms with Crippen LogP contribution in [0.3, 0.4) is 0 Å². The molecule has 2 aromatic carbocycles. The molecule has 0 aromatic heterocycles. The van der Waals surface area contributed by atoms with Crippen molar-refractivity contribution in [2.75, 3.05) is 6.54 Å². The molecule has 1 aliphatic rings. The van der Waals surface area contributed by atoms with Crippen molar-refractivity contribution in [1.82, 2.24) is 4.90 Å². The first-order valence-corrected chi connectivity index (χ1v) is 12.5. The molecule has 0 bridgehead atoms. The molecule has 2 heteroatoms. The van der Waals surface area contributed by atoms with E-state index in [9.17, 15) is 0 Å². The van der Waals surface area contributed by atoms with E-state index in [1.54, 1.807) is 0 Å². The minimum atomic E-state index is 0.400. The van der Waals surface area contributed by atoms with E-state index in [-0.39, 0.29) is 0 Å². The van der Waals surface area contributed by atoms with Gasteiger partial charge in [-0.1, -0.05) is 61.5 Å². The summed E-state index contributed by atoms with van der Waals surface area (Å²) in [6, 6.07) is 21.6. The molecule has 164 valence electrons. The maximum atomic E-state index is 6.28. The fraction of sp³-hybridized carbons (Fsp3) is 0.571. The fourth-order valence-electron chi connectivity index (χ4n) is 5.05. The molecule has 0 spiro atoms. The molecule has 0 amide bonds. The van der Waals surface area contributed by atoms with Crippen LogP contribution in [0.25, 0.3) is 0 Å². The number of hydrogen-bond acceptors (Lipinski definition) is 1. The second-order valence-corrected chi connectivity index (χ2v) is 9.98. The van der Waals surface area contributed by atoms with Gasteiger partial charge >= 0.3 is 0 Å². The van der Waals surface area contributed by atoms with E-state index in [1.807, 2.05) is 0 Å². The van der Waals surface area contributed by atoms with Crippen molar-refractivity contribution in [3.63, 3.8) is 0 Å². The second kappa shape index (κ2) is 11.9. The van der Waals surface area contributed by atoms with Gasteiger partial charge in [0.25, 0.3) is 0 Å². The average Bonchev–Trinajstić information content (AvgIpc) is 2.77. The zero-order valence-corrected chi connectivity index (χ0v) is 20.0. The maximum Gasteiger partial charge on any atom is 0.0336 e. The number of alkyl halides is 1. The van der Waals surface area contributed by atoms with Crippen molar-refractivity contribution < 1.29 is 0 Å². The molecule has 1 aliphatic carbocycles. The first kappa shape index (κ1) is 23.4. The van der Waals surface area contributed by atoms with Gasteiger partial charge in [0.2, 0.25) is 0 Å². The van der Waals surface area contributed by atoms with Crippen molar-refractivity contribution in [1.29, 1.82) is 0 Å². The molecule has 1 fully saturated rings. The summed E-state index contributed by atoms with van der Waals surface area (Å²) < 4.78 is 0. The third-order valence-corrected chi connectivity index (χ3v) is 7.42. The lowest BCUT2D eigenvalue weighted by atomic mass is 9.83. The average molecular weight is 426 g/mol. The smallest absolute Gasteiger partial charge is 0.0336 e. The van der Waals surface area contributed by atoms with E-state index in [0.717, 1.165) is 13.0 Å². The number of benzene rings is 2. The van der Waals surface area contributed by atoms with Gasteiger partial charge in [-0.3, -0.25) is 4.90 Å². The predicted octanol–water partition coefficient (Wildman–Crippen LogP) is 7.62. The highest BCUT2D eigenvalue weighted by atomic mass is 35.5. The summed E-state index contributed by atoms with van der Waals surface area (Å²) in [7, 11) is 0. The standard InChI is InChI=1S/C28H40ClN/c1-4-28(30(22(2)3)21-20-23-8-6-5-7-9-23)19-12-24-10-13-25(14-11-24)26-15-17-27(29)18-16-26/h5-11,13-14,22,26-28H,4,12,15-21H2,1-3H3. The lowest BCUT2D eigenvalue weighted by Crippen LogP contribution is -2.41.